The average molecular weight is 439 g/mol. The van der Waals surface area contributed by atoms with Gasteiger partial charge in [0.25, 0.3) is 5.91 Å². The first-order valence-corrected chi connectivity index (χ1v) is 10.7. The number of amides is 3. The number of hydrogen-bond acceptors (Lipinski definition) is 7. The molecular weight excluding hydrogens is 416 g/mol. The molecule has 2 aromatic heterocycles. The maximum atomic E-state index is 13.3. The number of urea groups is 1. The second-order valence-electron chi connectivity index (χ2n) is 7.05. The van der Waals surface area contributed by atoms with E-state index in [1.165, 1.54) is 0 Å². The molecule has 1 atom stereocenters. The van der Waals surface area contributed by atoms with Crippen molar-refractivity contribution in [3.05, 3.63) is 60.0 Å². The van der Waals surface area contributed by atoms with Gasteiger partial charge in [-0.1, -0.05) is 10.6 Å². The normalized spacial score (nSPS) is 15.9. The molecule has 3 aromatic rings. The van der Waals surface area contributed by atoms with E-state index in [1.807, 2.05) is 12.1 Å². The first kappa shape index (κ1) is 20.7. The van der Waals surface area contributed by atoms with Gasteiger partial charge in [0.2, 0.25) is 0 Å². The number of carbonyl (C=O) groups is 2. The molecule has 3 amide bonds. The number of likely N-dealkylation sites (tertiary alicyclic amines) is 1. The van der Waals surface area contributed by atoms with Gasteiger partial charge in [-0.3, -0.25) is 15.1 Å². The van der Waals surface area contributed by atoms with Gasteiger partial charge in [0, 0.05) is 36.2 Å². The van der Waals surface area contributed by atoms with E-state index in [1.54, 1.807) is 48.7 Å². The van der Waals surface area contributed by atoms with E-state index in [4.69, 9.17) is 4.74 Å². The molecule has 4 rings (SSSR count). The molecule has 0 aliphatic carbocycles. The van der Waals surface area contributed by atoms with Crippen molar-refractivity contribution in [1.29, 1.82) is 0 Å². The van der Waals surface area contributed by atoms with Gasteiger partial charge in [0.15, 0.2) is 10.7 Å². The lowest BCUT2D eigenvalue weighted by Gasteiger charge is -2.35. The number of nitrogens with zero attached hydrogens (tertiary/aromatic N) is 4. The largest absolute Gasteiger partial charge is 0.497 e. The highest BCUT2D eigenvalue weighted by Gasteiger charge is 2.32. The van der Waals surface area contributed by atoms with Gasteiger partial charge in [0.05, 0.1) is 13.2 Å². The summed E-state index contributed by atoms with van der Waals surface area (Å²) < 4.78 is 9.00. The number of pyridine rings is 1. The fraction of sp³-hybridized carbons (Fsp3) is 0.286. The van der Waals surface area contributed by atoms with Crippen molar-refractivity contribution in [2.45, 2.75) is 25.3 Å². The van der Waals surface area contributed by atoms with E-state index in [2.05, 4.69) is 25.2 Å². The fourth-order valence-electron chi connectivity index (χ4n) is 3.58. The Morgan fingerprint density at radius 2 is 2.00 bits per heavy atom. The summed E-state index contributed by atoms with van der Waals surface area (Å²) in [6.07, 6.45) is 6.31. The lowest BCUT2D eigenvalue weighted by atomic mass is 9.96. The summed E-state index contributed by atoms with van der Waals surface area (Å²) in [5.74, 6) is 0.442. The van der Waals surface area contributed by atoms with Gasteiger partial charge >= 0.3 is 6.03 Å². The van der Waals surface area contributed by atoms with E-state index < -0.39 is 6.03 Å². The van der Waals surface area contributed by atoms with Crippen LogP contribution < -0.4 is 15.4 Å². The Bertz CT molecular complexity index is 1040. The zero-order chi connectivity index (χ0) is 21.6. The Labute approximate surface area is 183 Å². The van der Waals surface area contributed by atoms with Crippen molar-refractivity contribution in [3.8, 4) is 5.75 Å². The third-order valence-electron chi connectivity index (χ3n) is 5.10. The number of anilines is 2. The Morgan fingerprint density at radius 1 is 1.16 bits per heavy atom. The van der Waals surface area contributed by atoms with Crippen LogP contribution in [0.3, 0.4) is 0 Å². The molecule has 2 N–H and O–H groups in total. The maximum absolute atomic E-state index is 13.3. The van der Waals surface area contributed by atoms with Crippen molar-refractivity contribution in [2.75, 3.05) is 24.3 Å². The number of ether oxygens (including phenoxy) is 1. The summed E-state index contributed by atoms with van der Waals surface area (Å²) in [6.45, 7) is 0.618. The van der Waals surface area contributed by atoms with Crippen LogP contribution in [0.15, 0.2) is 48.8 Å². The maximum Gasteiger partial charge on any atom is 0.324 e. The van der Waals surface area contributed by atoms with Crippen molar-refractivity contribution >= 4 is 34.2 Å². The third-order valence-corrected chi connectivity index (χ3v) is 5.74. The number of hydrogen-bond donors (Lipinski definition) is 2. The number of aromatic nitrogens is 3. The molecule has 10 heteroatoms. The molecular formula is C21H22N6O3S. The van der Waals surface area contributed by atoms with Crippen LogP contribution >= 0.6 is 11.5 Å². The average Bonchev–Trinajstić information content (AvgIpc) is 3.27. The first-order chi connectivity index (χ1) is 15.2. The molecule has 0 saturated carbocycles. The topological polar surface area (TPSA) is 109 Å². The van der Waals surface area contributed by atoms with Crippen molar-refractivity contribution < 1.29 is 14.3 Å². The quantitative estimate of drug-likeness (QED) is 0.624. The third kappa shape index (κ3) is 4.80. The lowest BCUT2D eigenvalue weighted by Crippen LogP contribution is -2.39. The van der Waals surface area contributed by atoms with Crippen molar-refractivity contribution in [3.63, 3.8) is 0 Å². The first-order valence-electron chi connectivity index (χ1n) is 9.91. The predicted octanol–water partition coefficient (Wildman–Crippen LogP) is 3.95. The van der Waals surface area contributed by atoms with Gasteiger partial charge in [-0.15, -0.1) is 5.10 Å². The number of benzene rings is 1. The van der Waals surface area contributed by atoms with Gasteiger partial charge < -0.3 is 15.0 Å². The molecule has 0 radical (unpaired) electrons. The van der Waals surface area contributed by atoms with E-state index in [0.29, 0.717) is 23.0 Å². The van der Waals surface area contributed by atoms with Gasteiger partial charge in [-0.05, 0) is 55.2 Å². The van der Waals surface area contributed by atoms with Crippen LogP contribution in [0.25, 0.3) is 0 Å². The van der Waals surface area contributed by atoms with Crippen LogP contribution in [0.4, 0.5) is 15.5 Å². The van der Waals surface area contributed by atoms with Crippen molar-refractivity contribution in [2.24, 2.45) is 0 Å². The van der Waals surface area contributed by atoms with E-state index >= 15 is 0 Å². The summed E-state index contributed by atoms with van der Waals surface area (Å²) in [5, 5.41) is 9.74. The number of piperidine rings is 1. The highest BCUT2D eigenvalue weighted by Crippen LogP contribution is 2.33. The van der Waals surface area contributed by atoms with Crippen LogP contribution in [0.1, 0.15) is 41.4 Å². The fourth-order valence-corrected chi connectivity index (χ4v) is 4.14. The van der Waals surface area contributed by atoms with Crippen molar-refractivity contribution in [1.82, 2.24) is 19.5 Å². The highest BCUT2D eigenvalue weighted by atomic mass is 32.1. The molecule has 9 nitrogen and oxygen atoms in total. The molecule has 0 bridgehead atoms. The summed E-state index contributed by atoms with van der Waals surface area (Å²) in [7, 11) is 1.58. The van der Waals surface area contributed by atoms with Gasteiger partial charge in [-0.25, -0.2) is 4.79 Å². The highest BCUT2D eigenvalue weighted by molar-refractivity contribution is 7.10. The van der Waals surface area contributed by atoms with Gasteiger partial charge in [0.1, 0.15) is 5.75 Å². The minimum absolute atomic E-state index is 0.0716. The summed E-state index contributed by atoms with van der Waals surface area (Å²) in [6, 6.07) is 10.2. The molecule has 1 fully saturated rings. The van der Waals surface area contributed by atoms with Crippen LogP contribution in [-0.2, 0) is 0 Å². The minimum Gasteiger partial charge on any atom is -0.497 e. The minimum atomic E-state index is -0.479. The molecule has 1 aliphatic rings. The zero-order valence-electron chi connectivity index (χ0n) is 16.9. The SMILES string of the molecule is COc1ccc(NC(=O)Nc2snnc2C(=O)N2CCCC[C@@H]2c2cccnc2)cc1. The standard InChI is InChI=1S/C21H22N6O3S/c1-30-16-9-7-15(8-10-16)23-21(29)24-19-18(25-26-31-19)20(28)27-12-3-2-6-17(27)14-5-4-11-22-13-14/h4-5,7-11,13,17H,2-3,6,12H2,1H3,(H2,23,24,29)/t17-/m1/s1. The summed E-state index contributed by atoms with van der Waals surface area (Å²) in [4.78, 5) is 31.7. The number of rotatable bonds is 5. The van der Waals surface area contributed by atoms with E-state index in [0.717, 1.165) is 36.4 Å². The Hall–Kier alpha value is -3.53. The van der Waals surface area contributed by atoms with Crippen LogP contribution in [-0.4, -0.2) is 45.1 Å². The molecule has 0 unspecified atom stereocenters. The van der Waals surface area contributed by atoms with E-state index in [9.17, 15) is 9.59 Å². The lowest BCUT2D eigenvalue weighted by molar-refractivity contribution is 0.0606. The summed E-state index contributed by atoms with van der Waals surface area (Å²) >= 11 is 0.971. The number of methoxy groups -OCH3 is 1. The van der Waals surface area contributed by atoms with Crippen LogP contribution in [0, 0.1) is 0 Å². The smallest absolute Gasteiger partial charge is 0.324 e. The zero-order valence-corrected chi connectivity index (χ0v) is 17.8. The molecule has 160 valence electrons. The molecule has 31 heavy (non-hydrogen) atoms. The molecule has 0 spiro atoms. The Balaban J connectivity index is 1.47. The molecule has 1 saturated heterocycles. The summed E-state index contributed by atoms with van der Waals surface area (Å²) in [5.41, 5.74) is 1.73. The molecule has 3 heterocycles. The number of carbonyl (C=O) groups excluding carboxylic acids is 2. The molecule has 1 aliphatic heterocycles. The molecule has 1 aromatic carbocycles. The second-order valence-corrected chi connectivity index (χ2v) is 7.81. The van der Waals surface area contributed by atoms with Gasteiger partial charge in [-0.2, -0.15) is 0 Å². The van der Waals surface area contributed by atoms with Crippen LogP contribution in [0.5, 0.6) is 5.75 Å². The Morgan fingerprint density at radius 3 is 2.74 bits per heavy atom. The predicted molar refractivity (Wildman–Crippen MR) is 117 cm³/mol. The van der Waals surface area contributed by atoms with Crippen LogP contribution in [0.2, 0.25) is 0 Å². The monoisotopic (exact) mass is 438 g/mol. The number of nitrogens with one attached hydrogen (secondary N) is 2. The second kappa shape index (κ2) is 9.52. The van der Waals surface area contributed by atoms with E-state index in [-0.39, 0.29) is 17.6 Å². The Kier molecular flexibility index (Phi) is 6.37.